The molecule has 0 aromatic heterocycles. The first-order valence-corrected chi connectivity index (χ1v) is 7.27. The number of nitrogens with one attached hydrogen (secondary N) is 1. The van der Waals surface area contributed by atoms with Gasteiger partial charge in [0.15, 0.2) is 11.5 Å². The molecule has 0 amide bonds. The first-order valence-electron chi connectivity index (χ1n) is 7.27. The van der Waals surface area contributed by atoms with E-state index in [1.165, 1.54) is 5.56 Å². The van der Waals surface area contributed by atoms with Crippen LogP contribution in [-0.2, 0) is 13.1 Å². The van der Waals surface area contributed by atoms with E-state index in [4.69, 9.17) is 19.3 Å². The van der Waals surface area contributed by atoms with Crippen LogP contribution in [0.5, 0.6) is 17.2 Å². The lowest BCUT2D eigenvalue weighted by molar-refractivity contribution is 0.174. The van der Waals surface area contributed by atoms with Crippen molar-refractivity contribution in [1.29, 1.82) is 0 Å². The van der Waals surface area contributed by atoms with Gasteiger partial charge >= 0.3 is 0 Å². The molecule has 0 saturated heterocycles. The van der Waals surface area contributed by atoms with E-state index < -0.39 is 0 Å². The Hall–Kier alpha value is -2.24. The summed E-state index contributed by atoms with van der Waals surface area (Å²) in [7, 11) is 0. The Labute approximate surface area is 129 Å². The molecule has 0 unspecified atom stereocenters. The van der Waals surface area contributed by atoms with Gasteiger partial charge in [0.25, 0.3) is 0 Å². The Kier molecular flexibility index (Phi) is 4.78. The number of aliphatic hydroxyl groups is 1. The fraction of sp³-hybridized carbons (Fsp3) is 0.294. The maximum Gasteiger partial charge on any atom is 0.231 e. The van der Waals surface area contributed by atoms with E-state index in [-0.39, 0.29) is 6.61 Å². The van der Waals surface area contributed by atoms with Crippen LogP contribution in [0.1, 0.15) is 11.1 Å². The maximum absolute atomic E-state index is 8.71. The summed E-state index contributed by atoms with van der Waals surface area (Å²) >= 11 is 0. The zero-order valence-corrected chi connectivity index (χ0v) is 12.2. The van der Waals surface area contributed by atoms with Crippen molar-refractivity contribution in [3.05, 3.63) is 53.6 Å². The van der Waals surface area contributed by atoms with Gasteiger partial charge in [-0.05, 0) is 35.4 Å². The van der Waals surface area contributed by atoms with Gasteiger partial charge in [0.05, 0.1) is 6.61 Å². The van der Waals surface area contributed by atoms with Crippen molar-refractivity contribution >= 4 is 0 Å². The summed E-state index contributed by atoms with van der Waals surface area (Å²) in [6.45, 7) is 2.19. The highest BCUT2D eigenvalue weighted by Gasteiger charge is 2.12. The molecule has 1 aliphatic heterocycles. The van der Waals surface area contributed by atoms with Crippen molar-refractivity contribution in [2.45, 2.75) is 13.1 Å². The van der Waals surface area contributed by atoms with Crippen LogP contribution < -0.4 is 19.5 Å². The summed E-state index contributed by atoms with van der Waals surface area (Å²) in [5.74, 6) is 2.39. The van der Waals surface area contributed by atoms with Gasteiger partial charge in [0.1, 0.15) is 12.4 Å². The smallest absolute Gasteiger partial charge is 0.231 e. The minimum Gasteiger partial charge on any atom is -0.491 e. The van der Waals surface area contributed by atoms with Gasteiger partial charge < -0.3 is 24.6 Å². The summed E-state index contributed by atoms with van der Waals surface area (Å²) in [6, 6.07) is 13.8. The summed E-state index contributed by atoms with van der Waals surface area (Å²) in [6.07, 6.45) is 0. The molecule has 3 rings (SSSR count). The number of ether oxygens (including phenoxy) is 3. The Bertz CT molecular complexity index is 613. The fourth-order valence-corrected chi connectivity index (χ4v) is 2.27. The van der Waals surface area contributed by atoms with E-state index in [9.17, 15) is 0 Å². The number of fused-ring (bicyclic) bond motifs is 1. The quantitative estimate of drug-likeness (QED) is 0.820. The molecule has 2 N–H and O–H groups in total. The van der Waals surface area contributed by atoms with Crippen LogP contribution in [0.3, 0.4) is 0 Å². The van der Waals surface area contributed by atoms with Gasteiger partial charge in [0.2, 0.25) is 6.79 Å². The summed E-state index contributed by atoms with van der Waals surface area (Å²) in [4.78, 5) is 0. The first kappa shape index (κ1) is 14.7. The Morgan fingerprint density at radius 1 is 0.955 bits per heavy atom. The molecule has 116 valence electrons. The molecular formula is C17H19NO4. The molecule has 0 spiro atoms. The molecular weight excluding hydrogens is 282 g/mol. The lowest BCUT2D eigenvalue weighted by Gasteiger charge is -2.08. The highest BCUT2D eigenvalue weighted by Crippen LogP contribution is 2.32. The van der Waals surface area contributed by atoms with Crippen LogP contribution in [0.15, 0.2) is 42.5 Å². The summed E-state index contributed by atoms with van der Waals surface area (Å²) in [5.41, 5.74) is 2.34. The molecule has 0 fully saturated rings. The Morgan fingerprint density at radius 3 is 2.50 bits per heavy atom. The standard InChI is InChI=1S/C17H19NO4/c19-7-8-20-15-4-1-13(2-5-15)10-18-11-14-3-6-16-17(9-14)22-12-21-16/h1-6,9,18-19H,7-8,10-12H2. The molecule has 0 aliphatic carbocycles. The van der Waals surface area contributed by atoms with Crippen LogP contribution in [0.25, 0.3) is 0 Å². The lowest BCUT2D eigenvalue weighted by Crippen LogP contribution is -2.12. The molecule has 0 atom stereocenters. The van der Waals surface area contributed by atoms with Gasteiger partial charge in [-0.15, -0.1) is 0 Å². The Balaban J connectivity index is 1.48. The first-order chi connectivity index (χ1) is 10.8. The van der Waals surface area contributed by atoms with Crippen molar-refractivity contribution in [2.24, 2.45) is 0 Å². The molecule has 1 heterocycles. The second kappa shape index (κ2) is 7.15. The third kappa shape index (κ3) is 3.69. The van der Waals surface area contributed by atoms with Crippen molar-refractivity contribution in [1.82, 2.24) is 5.32 Å². The molecule has 1 aliphatic rings. The fourth-order valence-electron chi connectivity index (χ4n) is 2.27. The molecule has 0 radical (unpaired) electrons. The van der Waals surface area contributed by atoms with Crippen LogP contribution in [0.2, 0.25) is 0 Å². The minimum atomic E-state index is 0.0266. The average molecular weight is 301 g/mol. The predicted octanol–water partition coefficient (Wildman–Crippen LogP) is 2.08. The topological polar surface area (TPSA) is 60.0 Å². The van der Waals surface area contributed by atoms with Crippen LogP contribution in [-0.4, -0.2) is 25.1 Å². The second-order valence-electron chi connectivity index (χ2n) is 5.01. The molecule has 0 saturated carbocycles. The van der Waals surface area contributed by atoms with Gasteiger partial charge in [-0.2, -0.15) is 0 Å². The second-order valence-corrected chi connectivity index (χ2v) is 5.01. The number of benzene rings is 2. The minimum absolute atomic E-state index is 0.0266. The number of hydrogen-bond acceptors (Lipinski definition) is 5. The molecule has 5 heteroatoms. The van der Waals surface area contributed by atoms with Crippen LogP contribution >= 0.6 is 0 Å². The molecule has 2 aromatic rings. The summed E-state index contributed by atoms with van der Waals surface area (Å²) < 4.78 is 16.0. The zero-order chi connectivity index (χ0) is 15.2. The third-order valence-corrected chi connectivity index (χ3v) is 3.38. The van der Waals surface area contributed by atoms with Gasteiger partial charge in [0, 0.05) is 13.1 Å². The zero-order valence-electron chi connectivity index (χ0n) is 12.2. The number of aliphatic hydroxyl groups excluding tert-OH is 1. The average Bonchev–Trinajstić information content (AvgIpc) is 3.02. The van der Waals surface area contributed by atoms with E-state index in [0.717, 1.165) is 35.9 Å². The Morgan fingerprint density at radius 2 is 1.68 bits per heavy atom. The van der Waals surface area contributed by atoms with E-state index in [1.807, 2.05) is 42.5 Å². The van der Waals surface area contributed by atoms with Gasteiger partial charge in [-0.25, -0.2) is 0 Å². The van der Waals surface area contributed by atoms with E-state index in [0.29, 0.717) is 13.4 Å². The highest BCUT2D eigenvalue weighted by atomic mass is 16.7. The molecule has 5 nitrogen and oxygen atoms in total. The summed E-state index contributed by atoms with van der Waals surface area (Å²) in [5, 5.41) is 12.1. The van der Waals surface area contributed by atoms with Crippen molar-refractivity contribution in [3.63, 3.8) is 0 Å². The van der Waals surface area contributed by atoms with Crippen molar-refractivity contribution in [2.75, 3.05) is 20.0 Å². The lowest BCUT2D eigenvalue weighted by atomic mass is 10.2. The monoisotopic (exact) mass is 301 g/mol. The van der Waals surface area contributed by atoms with E-state index >= 15 is 0 Å². The molecule has 0 bridgehead atoms. The van der Waals surface area contributed by atoms with Crippen molar-refractivity contribution in [3.8, 4) is 17.2 Å². The number of hydrogen-bond donors (Lipinski definition) is 2. The largest absolute Gasteiger partial charge is 0.491 e. The van der Waals surface area contributed by atoms with Gasteiger partial charge in [-0.1, -0.05) is 18.2 Å². The SMILES string of the molecule is OCCOc1ccc(CNCc2ccc3c(c2)OCO3)cc1. The van der Waals surface area contributed by atoms with Gasteiger partial charge in [-0.3, -0.25) is 0 Å². The van der Waals surface area contributed by atoms with Crippen LogP contribution in [0, 0.1) is 0 Å². The van der Waals surface area contributed by atoms with E-state index in [2.05, 4.69) is 5.32 Å². The van der Waals surface area contributed by atoms with Crippen LogP contribution in [0.4, 0.5) is 0 Å². The molecule has 22 heavy (non-hydrogen) atoms. The molecule has 2 aromatic carbocycles. The maximum atomic E-state index is 8.71. The predicted molar refractivity (Wildman–Crippen MR) is 82.1 cm³/mol. The normalized spacial score (nSPS) is 12.4. The highest BCUT2D eigenvalue weighted by molar-refractivity contribution is 5.44. The number of rotatable bonds is 7. The van der Waals surface area contributed by atoms with Crippen molar-refractivity contribution < 1.29 is 19.3 Å². The third-order valence-electron chi connectivity index (χ3n) is 3.38. The van der Waals surface area contributed by atoms with E-state index in [1.54, 1.807) is 0 Å².